The number of ether oxygens (including phenoxy) is 1. The molecule has 0 radical (unpaired) electrons. The number of anilines is 1. The van der Waals surface area contributed by atoms with Gasteiger partial charge in [0.25, 0.3) is 0 Å². The number of carbonyl (C=O) groups is 1. The van der Waals surface area contributed by atoms with E-state index in [4.69, 9.17) is 10.5 Å². The van der Waals surface area contributed by atoms with E-state index in [1.807, 2.05) is 20.8 Å². The van der Waals surface area contributed by atoms with Crippen LogP contribution in [0.1, 0.15) is 33.4 Å². The van der Waals surface area contributed by atoms with Crippen LogP contribution in [0.5, 0.6) is 0 Å². The van der Waals surface area contributed by atoms with Gasteiger partial charge in [0.2, 0.25) is 0 Å². The monoisotopic (exact) mass is 225 g/mol. The van der Waals surface area contributed by atoms with Crippen molar-refractivity contribution in [3.63, 3.8) is 0 Å². The van der Waals surface area contributed by atoms with Crippen LogP contribution in [-0.4, -0.2) is 22.4 Å². The highest BCUT2D eigenvalue weighted by atomic mass is 16.5. The van der Waals surface area contributed by atoms with Gasteiger partial charge in [-0.25, -0.2) is 4.68 Å². The highest BCUT2D eigenvalue weighted by molar-refractivity contribution is 5.69. The summed E-state index contributed by atoms with van der Waals surface area (Å²) in [5, 5.41) is 4.29. The van der Waals surface area contributed by atoms with Gasteiger partial charge in [-0.05, 0) is 6.92 Å². The molecule has 0 fully saturated rings. The Bertz CT molecular complexity index is 377. The molecule has 0 amide bonds. The average Bonchev–Trinajstić information content (AvgIpc) is 2.47. The van der Waals surface area contributed by atoms with Crippen LogP contribution in [0, 0.1) is 0 Å². The molecule has 16 heavy (non-hydrogen) atoms. The summed E-state index contributed by atoms with van der Waals surface area (Å²) < 4.78 is 6.31. The van der Waals surface area contributed by atoms with Crippen molar-refractivity contribution >= 4 is 11.8 Å². The number of hydrogen-bond donors (Lipinski definition) is 1. The minimum atomic E-state index is -0.322. The van der Waals surface area contributed by atoms with E-state index >= 15 is 0 Å². The molecule has 2 N–H and O–H groups in total. The molecule has 0 aliphatic carbocycles. The third-order valence-electron chi connectivity index (χ3n) is 2.16. The van der Waals surface area contributed by atoms with Crippen LogP contribution in [0.3, 0.4) is 0 Å². The molecule has 0 aliphatic rings. The normalized spacial score (nSPS) is 11.5. The molecule has 1 aromatic heterocycles. The van der Waals surface area contributed by atoms with Crippen molar-refractivity contribution in [1.82, 2.24) is 9.78 Å². The van der Waals surface area contributed by atoms with Crippen molar-refractivity contribution in [3.8, 4) is 0 Å². The van der Waals surface area contributed by atoms with Gasteiger partial charge in [0.1, 0.15) is 12.4 Å². The molecule has 0 spiro atoms. The third kappa shape index (κ3) is 2.98. The Kier molecular flexibility index (Phi) is 3.57. The number of esters is 1. The van der Waals surface area contributed by atoms with Crippen LogP contribution in [0.15, 0.2) is 6.07 Å². The molecule has 0 aromatic carbocycles. The number of carbonyl (C=O) groups excluding carboxylic acids is 1. The lowest BCUT2D eigenvalue weighted by Crippen LogP contribution is -2.17. The van der Waals surface area contributed by atoms with E-state index < -0.39 is 0 Å². The molecule has 0 saturated carbocycles. The Morgan fingerprint density at radius 2 is 2.19 bits per heavy atom. The lowest BCUT2D eigenvalue weighted by atomic mass is 9.92. The molecular weight excluding hydrogens is 206 g/mol. The van der Waals surface area contributed by atoms with Gasteiger partial charge in [0.05, 0.1) is 12.3 Å². The largest absolute Gasteiger partial charge is 0.465 e. The van der Waals surface area contributed by atoms with Crippen molar-refractivity contribution in [2.24, 2.45) is 0 Å². The molecule has 0 bridgehead atoms. The quantitative estimate of drug-likeness (QED) is 0.788. The van der Waals surface area contributed by atoms with Gasteiger partial charge in [-0.3, -0.25) is 4.79 Å². The van der Waals surface area contributed by atoms with Gasteiger partial charge >= 0.3 is 5.97 Å². The Labute approximate surface area is 95.6 Å². The summed E-state index contributed by atoms with van der Waals surface area (Å²) in [5.74, 6) is 0.163. The number of nitrogens with two attached hydrogens (primary N) is 1. The maximum Gasteiger partial charge on any atom is 0.327 e. The fourth-order valence-corrected chi connectivity index (χ4v) is 1.25. The van der Waals surface area contributed by atoms with Crippen LogP contribution >= 0.6 is 0 Å². The highest BCUT2D eigenvalue weighted by Crippen LogP contribution is 2.22. The molecule has 1 aromatic rings. The van der Waals surface area contributed by atoms with Crippen LogP contribution in [-0.2, 0) is 21.5 Å². The maximum absolute atomic E-state index is 11.3. The highest BCUT2D eigenvalue weighted by Gasteiger charge is 2.19. The Morgan fingerprint density at radius 3 is 2.62 bits per heavy atom. The van der Waals surface area contributed by atoms with E-state index in [-0.39, 0.29) is 17.9 Å². The molecule has 1 heterocycles. The van der Waals surface area contributed by atoms with Crippen molar-refractivity contribution in [1.29, 1.82) is 0 Å². The zero-order valence-electron chi connectivity index (χ0n) is 10.3. The maximum atomic E-state index is 11.3. The predicted octanol–water partition coefficient (Wildman–Crippen LogP) is 1.33. The van der Waals surface area contributed by atoms with Crippen LogP contribution in [0.25, 0.3) is 0 Å². The van der Waals surface area contributed by atoms with Crippen molar-refractivity contribution in [3.05, 3.63) is 11.8 Å². The second kappa shape index (κ2) is 4.55. The van der Waals surface area contributed by atoms with Crippen LogP contribution in [0.4, 0.5) is 5.82 Å². The number of nitrogens with zero attached hydrogens (tertiary/aromatic N) is 2. The molecular formula is C11H19N3O2. The van der Waals surface area contributed by atoms with Gasteiger partial charge in [0, 0.05) is 11.5 Å². The fourth-order valence-electron chi connectivity index (χ4n) is 1.25. The van der Waals surface area contributed by atoms with Crippen LogP contribution < -0.4 is 5.73 Å². The average molecular weight is 225 g/mol. The SMILES string of the molecule is CCOC(=O)Cn1nc(C(C)(C)C)cc1N. The second-order valence-electron chi connectivity index (χ2n) is 4.67. The van der Waals surface area contributed by atoms with E-state index in [0.717, 1.165) is 5.69 Å². The third-order valence-corrected chi connectivity index (χ3v) is 2.16. The van der Waals surface area contributed by atoms with E-state index in [1.54, 1.807) is 13.0 Å². The van der Waals surface area contributed by atoms with Gasteiger partial charge < -0.3 is 10.5 Å². The molecule has 0 aliphatic heterocycles. The zero-order chi connectivity index (χ0) is 12.3. The first-order valence-corrected chi connectivity index (χ1v) is 5.34. The summed E-state index contributed by atoms with van der Waals surface area (Å²) >= 11 is 0. The topological polar surface area (TPSA) is 70.1 Å². The summed E-state index contributed by atoms with van der Waals surface area (Å²) in [5.41, 5.74) is 6.57. The first-order valence-electron chi connectivity index (χ1n) is 5.34. The van der Waals surface area contributed by atoms with E-state index in [1.165, 1.54) is 4.68 Å². The van der Waals surface area contributed by atoms with Crippen molar-refractivity contribution in [2.75, 3.05) is 12.3 Å². The lowest BCUT2D eigenvalue weighted by molar-refractivity contribution is -0.144. The fraction of sp³-hybridized carbons (Fsp3) is 0.636. The van der Waals surface area contributed by atoms with Gasteiger partial charge in [-0.1, -0.05) is 20.8 Å². The van der Waals surface area contributed by atoms with E-state index in [9.17, 15) is 4.79 Å². The predicted molar refractivity (Wildman–Crippen MR) is 62.0 cm³/mol. The first kappa shape index (κ1) is 12.5. The van der Waals surface area contributed by atoms with E-state index in [0.29, 0.717) is 12.4 Å². The molecule has 90 valence electrons. The summed E-state index contributed by atoms with van der Waals surface area (Å²) in [6, 6.07) is 1.79. The zero-order valence-corrected chi connectivity index (χ0v) is 10.3. The van der Waals surface area contributed by atoms with Crippen LogP contribution in [0.2, 0.25) is 0 Å². The molecule has 5 heteroatoms. The Balaban J connectivity index is 2.82. The number of aromatic nitrogens is 2. The number of hydrogen-bond acceptors (Lipinski definition) is 4. The first-order chi connectivity index (χ1) is 7.34. The molecule has 0 unspecified atom stereocenters. The molecule has 0 saturated heterocycles. The minimum absolute atomic E-state index is 0.0652. The summed E-state index contributed by atoms with van der Waals surface area (Å²) in [4.78, 5) is 11.3. The smallest absolute Gasteiger partial charge is 0.327 e. The Morgan fingerprint density at radius 1 is 1.56 bits per heavy atom. The second-order valence-corrected chi connectivity index (χ2v) is 4.67. The van der Waals surface area contributed by atoms with Crippen molar-refractivity contribution in [2.45, 2.75) is 39.7 Å². The number of nitrogen functional groups attached to an aromatic ring is 1. The number of rotatable bonds is 3. The van der Waals surface area contributed by atoms with E-state index in [2.05, 4.69) is 5.10 Å². The molecule has 0 atom stereocenters. The molecule has 5 nitrogen and oxygen atoms in total. The summed E-state index contributed by atoms with van der Waals surface area (Å²) in [7, 11) is 0. The van der Waals surface area contributed by atoms with Gasteiger partial charge in [-0.2, -0.15) is 5.10 Å². The minimum Gasteiger partial charge on any atom is -0.465 e. The molecule has 1 rings (SSSR count). The summed E-state index contributed by atoms with van der Waals surface area (Å²) in [6.07, 6.45) is 0. The Hall–Kier alpha value is -1.52. The summed E-state index contributed by atoms with van der Waals surface area (Å²) in [6.45, 7) is 8.34. The van der Waals surface area contributed by atoms with Gasteiger partial charge in [0.15, 0.2) is 0 Å². The lowest BCUT2D eigenvalue weighted by Gasteiger charge is -2.14. The van der Waals surface area contributed by atoms with Gasteiger partial charge in [-0.15, -0.1) is 0 Å². The standard InChI is InChI=1S/C11H19N3O2/c1-5-16-10(15)7-14-9(12)6-8(13-14)11(2,3)4/h6H,5,7,12H2,1-4H3. The van der Waals surface area contributed by atoms with Crippen molar-refractivity contribution < 1.29 is 9.53 Å².